The Kier molecular flexibility index (Phi) is 3.96. The van der Waals surface area contributed by atoms with Crippen LogP contribution in [0.2, 0.25) is 5.02 Å². The molecule has 0 aromatic heterocycles. The normalized spacial score (nSPS) is 12.5. The zero-order chi connectivity index (χ0) is 10.7. The molecule has 0 aliphatic rings. The van der Waals surface area contributed by atoms with Crippen LogP contribution in [0.1, 0.15) is 12.5 Å². The van der Waals surface area contributed by atoms with Gasteiger partial charge in [-0.2, -0.15) is 0 Å². The monoisotopic (exact) mass is 276 g/mol. The Morgan fingerprint density at radius 3 is 2.86 bits per heavy atom. The van der Waals surface area contributed by atoms with Crippen LogP contribution in [0.15, 0.2) is 22.7 Å². The van der Waals surface area contributed by atoms with Crippen molar-refractivity contribution in [3.63, 3.8) is 0 Å². The van der Waals surface area contributed by atoms with Crippen molar-refractivity contribution in [2.45, 2.75) is 13.3 Å². The first-order valence-electron chi connectivity index (χ1n) is 4.17. The van der Waals surface area contributed by atoms with Gasteiger partial charge in [-0.05, 0) is 30.2 Å². The number of rotatable bonds is 3. The Balaban J connectivity index is 2.85. The summed E-state index contributed by atoms with van der Waals surface area (Å²) in [5.41, 5.74) is 0.857. The van der Waals surface area contributed by atoms with E-state index in [1.165, 1.54) is 0 Å². The van der Waals surface area contributed by atoms with Crippen molar-refractivity contribution in [3.8, 4) is 0 Å². The van der Waals surface area contributed by atoms with Crippen LogP contribution >= 0.6 is 27.5 Å². The topological polar surface area (TPSA) is 37.3 Å². The highest BCUT2D eigenvalue weighted by molar-refractivity contribution is 9.10. The zero-order valence-electron chi connectivity index (χ0n) is 7.63. The molecule has 0 spiro atoms. The number of aliphatic carboxylic acids is 1. The van der Waals surface area contributed by atoms with Crippen molar-refractivity contribution in [3.05, 3.63) is 33.3 Å². The number of carboxylic acid groups (broad SMARTS) is 1. The molecule has 0 fully saturated rings. The van der Waals surface area contributed by atoms with Crippen LogP contribution in [-0.4, -0.2) is 11.1 Å². The molecule has 0 bridgehead atoms. The van der Waals surface area contributed by atoms with Gasteiger partial charge in [0.05, 0.1) is 5.92 Å². The highest BCUT2D eigenvalue weighted by Gasteiger charge is 2.13. The summed E-state index contributed by atoms with van der Waals surface area (Å²) in [5, 5.41) is 9.36. The maximum absolute atomic E-state index is 10.6. The molecule has 1 unspecified atom stereocenters. The summed E-state index contributed by atoms with van der Waals surface area (Å²) in [6.45, 7) is 1.67. The number of carboxylic acids is 1. The lowest BCUT2D eigenvalue weighted by Crippen LogP contribution is -2.12. The van der Waals surface area contributed by atoms with E-state index in [1.807, 2.05) is 12.1 Å². The first-order valence-corrected chi connectivity index (χ1v) is 5.34. The van der Waals surface area contributed by atoms with E-state index in [0.717, 1.165) is 10.0 Å². The molecule has 1 atom stereocenters. The van der Waals surface area contributed by atoms with Crippen molar-refractivity contribution in [2.75, 3.05) is 0 Å². The third kappa shape index (κ3) is 3.00. The van der Waals surface area contributed by atoms with Gasteiger partial charge >= 0.3 is 5.97 Å². The summed E-state index contributed by atoms with van der Waals surface area (Å²) >= 11 is 9.25. The minimum Gasteiger partial charge on any atom is -0.481 e. The summed E-state index contributed by atoms with van der Waals surface area (Å²) in [6, 6.07) is 5.44. The van der Waals surface area contributed by atoms with Crippen LogP contribution in [0.5, 0.6) is 0 Å². The molecule has 0 aliphatic carbocycles. The molecule has 0 aliphatic heterocycles. The van der Waals surface area contributed by atoms with Gasteiger partial charge in [-0.1, -0.05) is 34.5 Å². The van der Waals surface area contributed by atoms with Crippen molar-refractivity contribution >= 4 is 33.5 Å². The maximum Gasteiger partial charge on any atom is 0.306 e. The minimum atomic E-state index is -0.805. The molecule has 1 rings (SSSR count). The fourth-order valence-corrected chi connectivity index (χ4v) is 1.72. The largest absolute Gasteiger partial charge is 0.481 e. The Bertz CT molecular complexity index is 352. The third-order valence-corrected chi connectivity index (χ3v) is 2.82. The Morgan fingerprint density at radius 1 is 1.64 bits per heavy atom. The summed E-state index contributed by atoms with van der Waals surface area (Å²) in [5.74, 6) is -1.22. The van der Waals surface area contributed by atoms with Crippen molar-refractivity contribution in [1.29, 1.82) is 0 Å². The van der Waals surface area contributed by atoms with E-state index < -0.39 is 11.9 Å². The molecule has 1 N–H and O–H groups in total. The van der Waals surface area contributed by atoms with Crippen LogP contribution in [0, 0.1) is 5.92 Å². The zero-order valence-corrected chi connectivity index (χ0v) is 9.97. The molecule has 2 nitrogen and oxygen atoms in total. The Morgan fingerprint density at radius 2 is 2.29 bits per heavy atom. The lowest BCUT2D eigenvalue weighted by atomic mass is 10.0. The first-order chi connectivity index (χ1) is 6.50. The summed E-state index contributed by atoms with van der Waals surface area (Å²) in [4.78, 5) is 10.6. The molecule has 0 saturated heterocycles. The third-order valence-electron chi connectivity index (χ3n) is 1.96. The smallest absolute Gasteiger partial charge is 0.306 e. The van der Waals surface area contributed by atoms with E-state index in [2.05, 4.69) is 15.9 Å². The lowest BCUT2D eigenvalue weighted by molar-refractivity contribution is -0.141. The van der Waals surface area contributed by atoms with Crippen molar-refractivity contribution < 1.29 is 9.90 Å². The molecule has 4 heteroatoms. The average Bonchev–Trinajstić information content (AvgIpc) is 2.11. The quantitative estimate of drug-likeness (QED) is 0.920. The molecule has 0 amide bonds. The van der Waals surface area contributed by atoms with Crippen molar-refractivity contribution in [1.82, 2.24) is 0 Å². The van der Waals surface area contributed by atoms with E-state index in [0.29, 0.717) is 11.4 Å². The highest BCUT2D eigenvalue weighted by Crippen LogP contribution is 2.23. The van der Waals surface area contributed by atoms with Crippen LogP contribution in [0.3, 0.4) is 0 Å². The molecular formula is C10H10BrClO2. The predicted molar refractivity (Wildman–Crippen MR) is 59.7 cm³/mol. The number of hydrogen-bond donors (Lipinski definition) is 1. The van der Waals surface area contributed by atoms with Crippen LogP contribution < -0.4 is 0 Å². The van der Waals surface area contributed by atoms with Gasteiger partial charge in [-0.25, -0.2) is 0 Å². The molecule has 0 saturated carbocycles. The predicted octanol–water partition coefficient (Wildman–Crippen LogP) is 3.37. The number of halogens is 2. The van der Waals surface area contributed by atoms with E-state index in [4.69, 9.17) is 16.7 Å². The second kappa shape index (κ2) is 4.80. The SMILES string of the molecule is CC(Cc1cc(Br)ccc1Cl)C(=O)O. The van der Waals surface area contributed by atoms with Gasteiger partial charge in [-0.15, -0.1) is 0 Å². The van der Waals surface area contributed by atoms with E-state index >= 15 is 0 Å². The standard InChI is InChI=1S/C10H10BrClO2/c1-6(10(13)14)4-7-5-8(11)2-3-9(7)12/h2-3,5-6H,4H2,1H3,(H,13,14). The summed E-state index contributed by atoms with van der Waals surface area (Å²) < 4.78 is 0.912. The minimum absolute atomic E-state index is 0.415. The van der Waals surface area contributed by atoms with Crippen molar-refractivity contribution in [2.24, 2.45) is 5.92 Å². The average molecular weight is 278 g/mol. The van der Waals surface area contributed by atoms with Gasteiger partial charge in [0.25, 0.3) is 0 Å². The van der Waals surface area contributed by atoms with E-state index in [1.54, 1.807) is 13.0 Å². The fourth-order valence-electron chi connectivity index (χ4n) is 1.12. The molecule has 1 aromatic carbocycles. The highest BCUT2D eigenvalue weighted by atomic mass is 79.9. The lowest BCUT2D eigenvalue weighted by Gasteiger charge is -2.08. The summed E-state index contributed by atoms with van der Waals surface area (Å²) in [6.07, 6.45) is 0.452. The van der Waals surface area contributed by atoms with Gasteiger partial charge < -0.3 is 5.11 Å². The maximum atomic E-state index is 10.6. The molecule has 0 radical (unpaired) electrons. The molecule has 0 heterocycles. The van der Waals surface area contributed by atoms with Gasteiger partial charge in [0, 0.05) is 9.50 Å². The van der Waals surface area contributed by atoms with Gasteiger partial charge in [0.2, 0.25) is 0 Å². The van der Waals surface area contributed by atoms with Crippen LogP contribution in [0.4, 0.5) is 0 Å². The molecule has 1 aromatic rings. The second-order valence-electron chi connectivity index (χ2n) is 3.18. The molecular weight excluding hydrogens is 267 g/mol. The summed E-state index contributed by atoms with van der Waals surface area (Å²) in [7, 11) is 0. The Labute approximate surface area is 96.0 Å². The van der Waals surface area contributed by atoms with Crippen LogP contribution in [0.25, 0.3) is 0 Å². The number of hydrogen-bond acceptors (Lipinski definition) is 1. The first kappa shape index (κ1) is 11.5. The van der Waals surface area contributed by atoms with Gasteiger partial charge in [0.1, 0.15) is 0 Å². The van der Waals surface area contributed by atoms with Gasteiger partial charge in [-0.3, -0.25) is 4.79 Å². The molecule has 14 heavy (non-hydrogen) atoms. The van der Waals surface area contributed by atoms with Gasteiger partial charge in [0.15, 0.2) is 0 Å². The second-order valence-corrected chi connectivity index (χ2v) is 4.50. The van der Waals surface area contributed by atoms with E-state index in [-0.39, 0.29) is 0 Å². The van der Waals surface area contributed by atoms with E-state index in [9.17, 15) is 4.79 Å². The number of benzene rings is 1. The Hall–Kier alpha value is -0.540. The number of carbonyl (C=O) groups is 1. The molecule has 76 valence electrons. The van der Waals surface area contributed by atoms with Crippen LogP contribution in [-0.2, 0) is 11.2 Å². The fraction of sp³-hybridized carbons (Fsp3) is 0.300.